The Morgan fingerprint density at radius 3 is 3.00 bits per heavy atom. The van der Waals surface area contributed by atoms with Crippen LogP contribution < -0.4 is 4.74 Å². The van der Waals surface area contributed by atoms with Crippen LogP contribution in [0.2, 0.25) is 0 Å². The Balaban J connectivity index is 2.25. The number of benzene rings is 1. The van der Waals surface area contributed by atoms with Crippen molar-refractivity contribution in [3.05, 3.63) is 39.8 Å². The number of hydrogen-bond acceptors (Lipinski definition) is 3. The van der Waals surface area contributed by atoms with Gasteiger partial charge in [-0.15, -0.1) is 0 Å². The maximum absolute atomic E-state index is 5.71. The molecule has 1 aromatic carbocycles. The SMILES string of the molecule is Cc1nc(-c2cccc3c2OCC3)c(=S)[nH]c1C. The molecule has 2 heterocycles. The highest BCUT2D eigenvalue weighted by molar-refractivity contribution is 7.71. The number of ether oxygens (including phenoxy) is 1. The molecule has 1 aliphatic heterocycles. The van der Waals surface area contributed by atoms with E-state index in [1.165, 1.54) is 5.56 Å². The molecule has 4 heteroatoms. The van der Waals surface area contributed by atoms with Crippen LogP contribution >= 0.6 is 12.2 Å². The molecule has 1 N–H and O–H groups in total. The molecule has 3 rings (SSSR count). The Hall–Kier alpha value is -1.68. The quantitative estimate of drug-likeness (QED) is 0.797. The highest BCUT2D eigenvalue weighted by Crippen LogP contribution is 2.36. The van der Waals surface area contributed by atoms with Gasteiger partial charge in [0.2, 0.25) is 0 Å². The minimum absolute atomic E-state index is 0.669. The van der Waals surface area contributed by atoms with Crippen LogP contribution in [0.1, 0.15) is 17.0 Å². The van der Waals surface area contributed by atoms with Gasteiger partial charge in [0.25, 0.3) is 0 Å². The molecule has 0 amide bonds. The summed E-state index contributed by atoms with van der Waals surface area (Å²) in [6, 6.07) is 6.15. The van der Waals surface area contributed by atoms with Gasteiger partial charge in [0, 0.05) is 17.7 Å². The monoisotopic (exact) mass is 258 g/mol. The zero-order valence-electron chi connectivity index (χ0n) is 10.4. The van der Waals surface area contributed by atoms with E-state index in [1.54, 1.807) is 0 Å². The van der Waals surface area contributed by atoms with Gasteiger partial charge in [-0.3, -0.25) is 0 Å². The molecule has 0 saturated heterocycles. The summed E-state index contributed by atoms with van der Waals surface area (Å²) in [4.78, 5) is 7.80. The topological polar surface area (TPSA) is 37.9 Å². The van der Waals surface area contributed by atoms with Crippen LogP contribution in [0.5, 0.6) is 5.75 Å². The largest absolute Gasteiger partial charge is 0.492 e. The first-order chi connectivity index (χ1) is 8.66. The standard InChI is InChI=1S/C14H14N2OS/c1-8-9(2)16-14(18)12(15-8)11-5-3-4-10-6-7-17-13(10)11/h3-5H,6-7H2,1-2H3,(H,16,18). The molecular weight excluding hydrogens is 244 g/mol. The van der Waals surface area contributed by atoms with Crippen LogP contribution in [0, 0.1) is 18.5 Å². The van der Waals surface area contributed by atoms with E-state index in [2.05, 4.69) is 16.0 Å². The first kappa shape index (κ1) is 11.4. The number of aromatic amines is 1. The summed E-state index contributed by atoms with van der Waals surface area (Å²) in [6.45, 7) is 4.70. The first-order valence-electron chi connectivity index (χ1n) is 5.99. The van der Waals surface area contributed by atoms with E-state index in [-0.39, 0.29) is 0 Å². The lowest BCUT2D eigenvalue weighted by Crippen LogP contribution is -1.97. The summed E-state index contributed by atoms with van der Waals surface area (Å²) in [5.74, 6) is 0.938. The van der Waals surface area contributed by atoms with E-state index in [9.17, 15) is 0 Å². The summed E-state index contributed by atoms with van der Waals surface area (Å²) < 4.78 is 6.38. The third-order valence-corrected chi connectivity index (χ3v) is 3.60. The van der Waals surface area contributed by atoms with Gasteiger partial charge in [-0.2, -0.15) is 0 Å². The molecule has 0 atom stereocenters. The fourth-order valence-corrected chi connectivity index (χ4v) is 2.52. The van der Waals surface area contributed by atoms with Crippen molar-refractivity contribution < 1.29 is 4.74 Å². The normalized spacial score (nSPS) is 13.2. The zero-order valence-corrected chi connectivity index (χ0v) is 11.2. The Morgan fingerprint density at radius 1 is 1.33 bits per heavy atom. The molecule has 92 valence electrons. The predicted molar refractivity (Wildman–Crippen MR) is 73.5 cm³/mol. The number of nitrogens with zero attached hydrogens (tertiary/aromatic N) is 1. The van der Waals surface area contributed by atoms with Gasteiger partial charge >= 0.3 is 0 Å². The number of nitrogens with one attached hydrogen (secondary N) is 1. The molecule has 18 heavy (non-hydrogen) atoms. The Morgan fingerprint density at radius 2 is 2.17 bits per heavy atom. The van der Waals surface area contributed by atoms with Gasteiger partial charge in [0.15, 0.2) is 0 Å². The molecule has 0 radical (unpaired) electrons. The minimum Gasteiger partial charge on any atom is -0.492 e. The molecule has 1 aromatic heterocycles. The molecule has 0 fully saturated rings. The van der Waals surface area contributed by atoms with Crippen LogP contribution in [-0.2, 0) is 6.42 Å². The van der Waals surface area contributed by atoms with Crippen LogP contribution in [0.15, 0.2) is 18.2 Å². The molecule has 0 bridgehead atoms. The number of H-pyrrole nitrogens is 1. The van der Waals surface area contributed by atoms with E-state index in [0.29, 0.717) is 4.64 Å². The summed E-state index contributed by atoms with van der Waals surface area (Å²) in [6.07, 6.45) is 0.963. The highest BCUT2D eigenvalue weighted by atomic mass is 32.1. The van der Waals surface area contributed by atoms with E-state index in [4.69, 9.17) is 17.0 Å². The maximum atomic E-state index is 5.71. The van der Waals surface area contributed by atoms with Crippen molar-refractivity contribution in [1.29, 1.82) is 0 Å². The van der Waals surface area contributed by atoms with E-state index in [1.807, 2.05) is 26.0 Å². The van der Waals surface area contributed by atoms with Crippen molar-refractivity contribution in [2.24, 2.45) is 0 Å². The minimum atomic E-state index is 0.669. The van der Waals surface area contributed by atoms with Crippen LogP contribution in [-0.4, -0.2) is 16.6 Å². The molecule has 3 nitrogen and oxygen atoms in total. The summed E-state index contributed by atoms with van der Waals surface area (Å²) >= 11 is 5.38. The number of aromatic nitrogens is 2. The second-order valence-electron chi connectivity index (χ2n) is 4.52. The number of rotatable bonds is 1. The predicted octanol–water partition coefficient (Wildman–Crippen LogP) is 3.36. The molecule has 1 aliphatic rings. The van der Waals surface area contributed by atoms with Crippen molar-refractivity contribution in [1.82, 2.24) is 9.97 Å². The van der Waals surface area contributed by atoms with Crippen LogP contribution in [0.25, 0.3) is 11.3 Å². The second-order valence-corrected chi connectivity index (χ2v) is 4.93. The van der Waals surface area contributed by atoms with Gasteiger partial charge in [-0.25, -0.2) is 4.98 Å². The van der Waals surface area contributed by atoms with E-state index >= 15 is 0 Å². The molecule has 0 unspecified atom stereocenters. The van der Waals surface area contributed by atoms with E-state index < -0.39 is 0 Å². The van der Waals surface area contributed by atoms with Gasteiger partial charge in [-0.05, 0) is 25.5 Å². The summed E-state index contributed by atoms with van der Waals surface area (Å²) in [5, 5.41) is 0. The highest BCUT2D eigenvalue weighted by Gasteiger charge is 2.18. The van der Waals surface area contributed by atoms with Crippen molar-refractivity contribution in [2.45, 2.75) is 20.3 Å². The fraction of sp³-hybridized carbons (Fsp3) is 0.286. The molecule has 2 aromatic rings. The summed E-state index contributed by atoms with van der Waals surface area (Å²) in [5.41, 5.74) is 5.02. The van der Waals surface area contributed by atoms with Crippen LogP contribution in [0.4, 0.5) is 0 Å². The Labute approximate surface area is 111 Å². The molecule has 0 saturated carbocycles. The van der Waals surface area contributed by atoms with Gasteiger partial charge in [-0.1, -0.05) is 24.4 Å². The van der Waals surface area contributed by atoms with Gasteiger partial charge in [0.1, 0.15) is 16.1 Å². The van der Waals surface area contributed by atoms with Crippen molar-refractivity contribution in [2.75, 3.05) is 6.61 Å². The van der Waals surface area contributed by atoms with Crippen molar-refractivity contribution in [3.63, 3.8) is 0 Å². The van der Waals surface area contributed by atoms with Crippen molar-refractivity contribution in [3.8, 4) is 17.0 Å². The lowest BCUT2D eigenvalue weighted by molar-refractivity contribution is 0.358. The Kier molecular flexibility index (Phi) is 2.67. The number of hydrogen-bond donors (Lipinski definition) is 1. The smallest absolute Gasteiger partial charge is 0.132 e. The number of fused-ring (bicyclic) bond motifs is 1. The number of para-hydroxylation sites is 1. The third-order valence-electron chi connectivity index (χ3n) is 3.31. The first-order valence-corrected chi connectivity index (χ1v) is 6.40. The zero-order chi connectivity index (χ0) is 12.7. The van der Waals surface area contributed by atoms with Gasteiger partial charge in [0.05, 0.1) is 12.3 Å². The lowest BCUT2D eigenvalue weighted by Gasteiger charge is -2.09. The van der Waals surface area contributed by atoms with Crippen LogP contribution in [0.3, 0.4) is 0 Å². The lowest BCUT2D eigenvalue weighted by atomic mass is 10.1. The Bertz CT molecular complexity index is 676. The maximum Gasteiger partial charge on any atom is 0.132 e. The van der Waals surface area contributed by atoms with E-state index in [0.717, 1.165) is 41.4 Å². The average Bonchev–Trinajstić information content (AvgIpc) is 2.82. The van der Waals surface area contributed by atoms with Crippen molar-refractivity contribution >= 4 is 12.2 Å². The molecule has 0 aliphatic carbocycles. The summed E-state index contributed by atoms with van der Waals surface area (Å²) in [7, 11) is 0. The molecular formula is C14H14N2OS. The molecule has 0 spiro atoms. The third kappa shape index (κ3) is 1.73. The average molecular weight is 258 g/mol. The second kappa shape index (κ2) is 4.21. The number of aryl methyl sites for hydroxylation is 2. The fourth-order valence-electron chi connectivity index (χ4n) is 2.21. The van der Waals surface area contributed by atoms with Gasteiger partial charge < -0.3 is 9.72 Å².